The molecule has 7 nitrogen and oxygen atoms in total. The Labute approximate surface area is 115 Å². The molecule has 1 aliphatic rings. The van der Waals surface area contributed by atoms with E-state index in [1.54, 1.807) is 0 Å². The number of nitrogen functional groups attached to an aromatic ring is 1. The first-order valence-electron chi connectivity index (χ1n) is 5.80. The van der Waals surface area contributed by atoms with Gasteiger partial charge in [0.2, 0.25) is 5.91 Å². The molecular formula is C10H16N4O3S2. The zero-order valence-corrected chi connectivity index (χ0v) is 12.1. The van der Waals surface area contributed by atoms with Crippen LogP contribution in [0.2, 0.25) is 0 Å². The van der Waals surface area contributed by atoms with Crippen molar-refractivity contribution in [3.8, 4) is 0 Å². The van der Waals surface area contributed by atoms with E-state index in [4.69, 9.17) is 11.5 Å². The van der Waals surface area contributed by atoms with Crippen LogP contribution in [0.4, 0.5) is 10.8 Å². The Morgan fingerprint density at radius 1 is 1.53 bits per heavy atom. The molecule has 2 heterocycles. The monoisotopic (exact) mass is 304 g/mol. The van der Waals surface area contributed by atoms with Crippen molar-refractivity contribution in [2.24, 2.45) is 11.7 Å². The lowest BCUT2D eigenvalue weighted by atomic mass is 9.98. The quantitative estimate of drug-likeness (QED) is 0.800. The van der Waals surface area contributed by atoms with E-state index in [0.717, 1.165) is 30.6 Å². The Balaban J connectivity index is 2.35. The van der Waals surface area contributed by atoms with Gasteiger partial charge in [-0.3, -0.25) is 4.79 Å². The molecule has 1 aromatic rings. The maximum atomic E-state index is 11.8. The van der Waals surface area contributed by atoms with Crippen LogP contribution in [0.15, 0.2) is 4.90 Å². The van der Waals surface area contributed by atoms with E-state index in [0.29, 0.717) is 18.1 Å². The molecule has 0 bridgehead atoms. The maximum Gasteiger partial charge on any atom is 0.222 e. The van der Waals surface area contributed by atoms with Crippen LogP contribution in [0.25, 0.3) is 0 Å². The summed E-state index contributed by atoms with van der Waals surface area (Å²) in [5.74, 6) is -0.601. The first kappa shape index (κ1) is 14.1. The highest BCUT2D eigenvalue weighted by Gasteiger charge is 2.30. The molecule has 1 atom stereocenters. The van der Waals surface area contributed by atoms with E-state index < -0.39 is 9.84 Å². The second kappa shape index (κ2) is 4.97. The van der Waals surface area contributed by atoms with Crippen molar-refractivity contribution in [3.05, 3.63) is 0 Å². The zero-order chi connectivity index (χ0) is 14.2. The van der Waals surface area contributed by atoms with Gasteiger partial charge in [0.15, 0.2) is 15.7 Å². The van der Waals surface area contributed by atoms with Gasteiger partial charge < -0.3 is 16.4 Å². The molecule has 4 N–H and O–H groups in total. The van der Waals surface area contributed by atoms with Crippen molar-refractivity contribution in [3.63, 3.8) is 0 Å². The minimum atomic E-state index is -3.44. The van der Waals surface area contributed by atoms with Gasteiger partial charge in [-0.2, -0.15) is 4.37 Å². The molecule has 0 saturated carbocycles. The molecule has 0 radical (unpaired) electrons. The Morgan fingerprint density at radius 3 is 2.79 bits per heavy atom. The van der Waals surface area contributed by atoms with Crippen LogP contribution in [-0.2, 0) is 14.6 Å². The maximum absolute atomic E-state index is 11.8. The van der Waals surface area contributed by atoms with E-state index in [2.05, 4.69) is 4.37 Å². The number of aromatic nitrogens is 1. The van der Waals surface area contributed by atoms with Gasteiger partial charge in [0.1, 0.15) is 9.90 Å². The number of amides is 1. The first-order valence-corrected chi connectivity index (χ1v) is 8.46. The van der Waals surface area contributed by atoms with Gasteiger partial charge in [-0.1, -0.05) is 0 Å². The number of carbonyl (C=O) groups is 1. The van der Waals surface area contributed by atoms with Crippen LogP contribution in [0.5, 0.6) is 0 Å². The number of nitrogens with two attached hydrogens (primary N) is 2. The van der Waals surface area contributed by atoms with Crippen LogP contribution >= 0.6 is 11.5 Å². The lowest BCUT2D eigenvalue weighted by Crippen LogP contribution is -2.41. The third-order valence-electron chi connectivity index (χ3n) is 3.14. The fraction of sp³-hybridized carbons (Fsp3) is 0.600. The Hall–Kier alpha value is -1.35. The normalized spacial score (nSPS) is 20.5. The number of rotatable bonds is 3. The summed E-state index contributed by atoms with van der Waals surface area (Å²) in [5, 5.41) is 0.506. The molecule has 1 saturated heterocycles. The summed E-state index contributed by atoms with van der Waals surface area (Å²) >= 11 is 1.04. The third kappa shape index (κ3) is 2.81. The van der Waals surface area contributed by atoms with Gasteiger partial charge in [0.05, 0.1) is 5.92 Å². The lowest BCUT2D eigenvalue weighted by molar-refractivity contribution is -0.122. The highest BCUT2D eigenvalue weighted by atomic mass is 32.2. The summed E-state index contributed by atoms with van der Waals surface area (Å²) in [4.78, 5) is 13.2. The van der Waals surface area contributed by atoms with Crippen LogP contribution in [0, 0.1) is 5.92 Å². The largest absolute Gasteiger partial charge is 0.382 e. The topological polar surface area (TPSA) is 119 Å². The van der Waals surface area contributed by atoms with Crippen molar-refractivity contribution in [1.82, 2.24) is 4.37 Å². The predicted molar refractivity (Wildman–Crippen MR) is 73.8 cm³/mol. The van der Waals surface area contributed by atoms with Crippen molar-refractivity contribution < 1.29 is 13.2 Å². The minimum absolute atomic E-state index is 0.0173. The average molecular weight is 304 g/mol. The summed E-state index contributed by atoms with van der Waals surface area (Å²) in [5.41, 5.74) is 10.9. The highest BCUT2D eigenvalue weighted by molar-refractivity contribution is 7.91. The number of hydrogen-bond donors (Lipinski definition) is 2. The van der Waals surface area contributed by atoms with Crippen molar-refractivity contribution >= 4 is 38.1 Å². The van der Waals surface area contributed by atoms with Crippen LogP contribution < -0.4 is 16.4 Å². The Morgan fingerprint density at radius 2 is 2.21 bits per heavy atom. The molecule has 1 aromatic heterocycles. The molecule has 2 rings (SSSR count). The van der Waals surface area contributed by atoms with Gasteiger partial charge in [-0.25, -0.2) is 8.42 Å². The lowest BCUT2D eigenvalue weighted by Gasteiger charge is -2.32. The van der Waals surface area contributed by atoms with Crippen molar-refractivity contribution in [1.29, 1.82) is 0 Å². The predicted octanol–water partition coefficient (Wildman–Crippen LogP) is -0.169. The molecule has 1 unspecified atom stereocenters. The SMILES string of the molecule is CS(=O)(=O)c1c(N)nsc1N1CCCC(C(N)=O)C1. The number of piperidine rings is 1. The molecule has 0 spiro atoms. The van der Waals surface area contributed by atoms with Crippen LogP contribution in [-0.4, -0.2) is 38.0 Å². The number of sulfone groups is 1. The van der Waals surface area contributed by atoms with E-state index in [-0.39, 0.29) is 22.5 Å². The van der Waals surface area contributed by atoms with Crippen molar-refractivity contribution in [2.45, 2.75) is 17.7 Å². The number of anilines is 2. The second-order valence-electron chi connectivity index (χ2n) is 4.66. The van der Waals surface area contributed by atoms with Gasteiger partial charge in [-0.15, -0.1) is 0 Å². The van der Waals surface area contributed by atoms with Gasteiger partial charge in [0, 0.05) is 19.3 Å². The molecule has 9 heteroatoms. The number of primary amides is 1. The average Bonchev–Trinajstić information content (AvgIpc) is 2.71. The summed E-state index contributed by atoms with van der Waals surface area (Å²) < 4.78 is 27.4. The van der Waals surface area contributed by atoms with Gasteiger partial charge >= 0.3 is 0 Å². The van der Waals surface area contributed by atoms with Crippen molar-refractivity contribution in [2.75, 3.05) is 30.0 Å². The summed E-state index contributed by atoms with van der Waals surface area (Å²) in [6.45, 7) is 1.09. The van der Waals surface area contributed by atoms with E-state index in [9.17, 15) is 13.2 Å². The third-order valence-corrected chi connectivity index (χ3v) is 5.34. The first-order chi connectivity index (χ1) is 8.80. The Kier molecular flexibility index (Phi) is 3.68. The van der Waals surface area contributed by atoms with E-state index in [1.807, 2.05) is 4.90 Å². The van der Waals surface area contributed by atoms with Crippen LogP contribution in [0.3, 0.4) is 0 Å². The summed E-state index contributed by atoms with van der Waals surface area (Å²) in [7, 11) is -3.44. The molecule has 0 aromatic carbocycles. The number of hydrogen-bond acceptors (Lipinski definition) is 7. The molecule has 1 amide bonds. The number of carbonyl (C=O) groups excluding carboxylic acids is 1. The molecule has 106 valence electrons. The summed E-state index contributed by atoms with van der Waals surface area (Å²) in [6, 6.07) is 0. The minimum Gasteiger partial charge on any atom is -0.382 e. The zero-order valence-electron chi connectivity index (χ0n) is 10.5. The van der Waals surface area contributed by atoms with Crippen LogP contribution in [0.1, 0.15) is 12.8 Å². The van der Waals surface area contributed by atoms with E-state index >= 15 is 0 Å². The van der Waals surface area contributed by atoms with Gasteiger partial charge in [-0.05, 0) is 24.4 Å². The molecule has 19 heavy (non-hydrogen) atoms. The van der Waals surface area contributed by atoms with E-state index in [1.165, 1.54) is 0 Å². The Bertz CT molecular complexity index is 596. The van der Waals surface area contributed by atoms with Gasteiger partial charge in [0.25, 0.3) is 0 Å². The summed E-state index contributed by atoms with van der Waals surface area (Å²) in [6.07, 6.45) is 2.62. The number of nitrogens with zero attached hydrogens (tertiary/aromatic N) is 2. The molecule has 0 aliphatic carbocycles. The molecule has 1 fully saturated rings. The fourth-order valence-corrected chi connectivity index (χ4v) is 4.47. The second-order valence-corrected chi connectivity index (χ2v) is 7.37. The standard InChI is InChI=1S/C10H16N4O3S2/c1-19(16,17)7-8(11)13-18-10(7)14-4-2-3-6(5-14)9(12)15/h6H,2-5H2,1H3,(H2,11,13)(H2,12,15). The highest BCUT2D eigenvalue weighted by Crippen LogP contribution is 2.36. The fourth-order valence-electron chi connectivity index (χ4n) is 2.23. The molecular weight excluding hydrogens is 288 g/mol. The smallest absolute Gasteiger partial charge is 0.222 e. The molecule has 1 aliphatic heterocycles.